The van der Waals surface area contributed by atoms with E-state index in [4.69, 9.17) is 10.3 Å². The molecule has 0 spiro atoms. The lowest BCUT2D eigenvalue weighted by Crippen LogP contribution is -2.62. The summed E-state index contributed by atoms with van der Waals surface area (Å²) in [6, 6.07) is 11.3. The fourth-order valence-corrected chi connectivity index (χ4v) is 7.01. The lowest BCUT2D eigenvalue weighted by Gasteiger charge is -2.50. The van der Waals surface area contributed by atoms with Gasteiger partial charge >= 0.3 is 0 Å². The number of ketones is 2. The van der Waals surface area contributed by atoms with Crippen molar-refractivity contribution in [3.8, 4) is 16.9 Å². The molecule has 1 fully saturated rings. The number of rotatable bonds is 5. The van der Waals surface area contributed by atoms with Crippen LogP contribution in [0.1, 0.15) is 41.9 Å². The summed E-state index contributed by atoms with van der Waals surface area (Å²) in [6.07, 6.45) is 1.54. The fraction of sp³-hybridized carbons (Fsp3) is 0.281. The van der Waals surface area contributed by atoms with Gasteiger partial charge in [0.1, 0.15) is 22.8 Å². The molecule has 1 saturated carbocycles. The van der Waals surface area contributed by atoms with Gasteiger partial charge in [-0.15, -0.1) is 0 Å². The molecular weight excluding hydrogens is 570 g/mol. The van der Waals surface area contributed by atoms with Gasteiger partial charge in [-0.25, -0.2) is 0 Å². The average Bonchev–Trinajstić information content (AvgIpc) is 3.51. The second kappa shape index (κ2) is 10.2. The van der Waals surface area contributed by atoms with Crippen LogP contribution in [0.15, 0.2) is 70.1 Å². The number of aromatic hydroxyl groups is 1. The molecule has 0 saturated heterocycles. The number of anilines is 1. The van der Waals surface area contributed by atoms with Crippen LogP contribution >= 0.6 is 0 Å². The van der Waals surface area contributed by atoms with E-state index in [0.29, 0.717) is 22.4 Å². The quantitative estimate of drug-likeness (QED) is 0.236. The van der Waals surface area contributed by atoms with Crippen molar-refractivity contribution in [1.29, 1.82) is 0 Å². The third-order valence-corrected chi connectivity index (χ3v) is 8.97. The summed E-state index contributed by atoms with van der Waals surface area (Å²) in [5, 5.41) is 51.3. The van der Waals surface area contributed by atoms with Crippen LogP contribution in [0.5, 0.6) is 5.75 Å². The largest absolute Gasteiger partial charge is 0.508 e. The van der Waals surface area contributed by atoms with Gasteiger partial charge in [-0.3, -0.25) is 19.2 Å². The number of aliphatic hydroxyl groups excluding tert-OH is 2. The summed E-state index contributed by atoms with van der Waals surface area (Å²) in [5.41, 5.74) is 4.04. The van der Waals surface area contributed by atoms with Gasteiger partial charge in [0.25, 0.3) is 11.8 Å². The van der Waals surface area contributed by atoms with Crippen LogP contribution in [0, 0.1) is 23.7 Å². The molecule has 3 aromatic rings. The van der Waals surface area contributed by atoms with Crippen LogP contribution in [-0.4, -0.2) is 54.6 Å². The molecule has 2 aromatic carbocycles. The van der Waals surface area contributed by atoms with Gasteiger partial charge in [0.05, 0.1) is 11.8 Å². The van der Waals surface area contributed by atoms with Crippen molar-refractivity contribution >= 4 is 34.8 Å². The Morgan fingerprint density at radius 2 is 1.77 bits per heavy atom. The monoisotopic (exact) mass is 599 g/mol. The molecule has 12 nitrogen and oxygen atoms in total. The summed E-state index contributed by atoms with van der Waals surface area (Å²) in [5.74, 6) is -8.67. The Bertz CT molecular complexity index is 1800. The van der Waals surface area contributed by atoms with Crippen molar-refractivity contribution in [3.63, 3.8) is 0 Å². The number of carbonyl (C=O) groups excluding carboxylic acids is 4. The summed E-state index contributed by atoms with van der Waals surface area (Å²) in [4.78, 5) is 51.8. The van der Waals surface area contributed by atoms with Crippen molar-refractivity contribution < 1.29 is 44.1 Å². The third kappa shape index (κ3) is 4.13. The number of phenols is 1. The minimum atomic E-state index is -2.66. The molecule has 3 aliphatic carbocycles. The Hall–Kier alpha value is -5.23. The third-order valence-electron chi connectivity index (χ3n) is 8.97. The summed E-state index contributed by atoms with van der Waals surface area (Å²) in [7, 11) is 0. The van der Waals surface area contributed by atoms with Crippen molar-refractivity contribution in [2.75, 3.05) is 5.32 Å². The van der Waals surface area contributed by atoms with E-state index in [2.05, 4.69) is 10.5 Å². The SMILES string of the molecule is CC(C)[C@@H]1C(=O)C(C(N)=O)=C(O)[C@@]2(O)C(=O)C3=C(O)c4c(O)ccc(-c5ccc(NC(=O)c6ccno6)cc5)c4C[C@H]3C[C@@H]12. The van der Waals surface area contributed by atoms with E-state index in [-0.39, 0.29) is 35.5 Å². The maximum atomic E-state index is 14.0. The van der Waals surface area contributed by atoms with Gasteiger partial charge in [0.15, 0.2) is 11.4 Å². The number of nitrogens with zero attached hydrogens (tertiary/aromatic N) is 1. The lowest BCUT2D eigenvalue weighted by atomic mass is 9.54. The minimum Gasteiger partial charge on any atom is -0.508 e. The summed E-state index contributed by atoms with van der Waals surface area (Å²) < 4.78 is 4.87. The summed E-state index contributed by atoms with van der Waals surface area (Å²) >= 11 is 0. The smallest absolute Gasteiger partial charge is 0.294 e. The zero-order valence-corrected chi connectivity index (χ0v) is 23.7. The van der Waals surface area contributed by atoms with E-state index in [1.165, 1.54) is 18.3 Å². The number of primary amides is 1. The maximum Gasteiger partial charge on any atom is 0.294 e. The molecular formula is C32H29N3O9. The number of nitrogens with two attached hydrogens (primary N) is 1. The first-order valence-corrected chi connectivity index (χ1v) is 14.0. The molecule has 0 aliphatic heterocycles. The van der Waals surface area contributed by atoms with Crippen LogP contribution < -0.4 is 11.1 Å². The Kier molecular flexibility index (Phi) is 6.69. The van der Waals surface area contributed by atoms with Gasteiger partial charge in [0, 0.05) is 29.2 Å². The van der Waals surface area contributed by atoms with Gasteiger partial charge in [-0.1, -0.05) is 37.2 Å². The first kappa shape index (κ1) is 28.9. The second-order valence-electron chi connectivity index (χ2n) is 11.7. The van der Waals surface area contributed by atoms with E-state index in [0.717, 1.165) is 0 Å². The molecule has 6 rings (SSSR count). The molecule has 4 atom stereocenters. The van der Waals surface area contributed by atoms with E-state index < -0.39 is 69.7 Å². The molecule has 0 radical (unpaired) electrons. The molecule has 1 heterocycles. The van der Waals surface area contributed by atoms with E-state index >= 15 is 0 Å². The molecule has 1 aromatic heterocycles. The highest BCUT2D eigenvalue weighted by Crippen LogP contribution is 2.55. The number of benzene rings is 2. The maximum absolute atomic E-state index is 14.0. The van der Waals surface area contributed by atoms with Gasteiger partial charge < -0.3 is 36.0 Å². The number of aromatic nitrogens is 1. The van der Waals surface area contributed by atoms with Crippen molar-refractivity contribution in [1.82, 2.24) is 5.16 Å². The van der Waals surface area contributed by atoms with Crippen LogP contribution in [0.2, 0.25) is 0 Å². The second-order valence-corrected chi connectivity index (χ2v) is 11.7. The molecule has 7 N–H and O–H groups in total. The van der Waals surface area contributed by atoms with E-state index in [1.54, 1.807) is 44.2 Å². The van der Waals surface area contributed by atoms with Crippen molar-refractivity contribution in [2.24, 2.45) is 29.4 Å². The first-order valence-electron chi connectivity index (χ1n) is 14.0. The molecule has 3 aliphatic rings. The number of fused-ring (bicyclic) bond motifs is 3. The molecule has 226 valence electrons. The van der Waals surface area contributed by atoms with Gasteiger partial charge in [-0.2, -0.15) is 0 Å². The molecule has 0 unspecified atom stereocenters. The number of Topliss-reactive ketones (excluding diaryl/α,β-unsaturated/α-hetero) is 2. The molecule has 12 heteroatoms. The predicted molar refractivity (Wildman–Crippen MR) is 155 cm³/mol. The number of phenolic OH excluding ortho intramolecular Hbond substituents is 1. The Balaban J connectivity index is 1.43. The molecule has 2 amide bonds. The number of hydrogen-bond donors (Lipinski definition) is 6. The van der Waals surface area contributed by atoms with E-state index in [9.17, 15) is 39.6 Å². The van der Waals surface area contributed by atoms with Crippen molar-refractivity contribution in [3.05, 3.63) is 82.5 Å². The van der Waals surface area contributed by atoms with Crippen molar-refractivity contribution in [2.45, 2.75) is 32.3 Å². The number of amides is 2. The molecule has 0 bridgehead atoms. The van der Waals surface area contributed by atoms with E-state index in [1.807, 2.05) is 0 Å². The first-order chi connectivity index (χ1) is 20.9. The predicted octanol–water partition coefficient (Wildman–Crippen LogP) is 3.21. The number of aliphatic hydroxyl groups is 3. The van der Waals surface area contributed by atoms with Crippen LogP contribution in [0.25, 0.3) is 16.9 Å². The number of carbonyl (C=O) groups is 4. The van der Waals surface area contributed by atoms with Crippen LogP contribution in [0.3, 0.4) is 0 Å². The highest BCUT2D eigenvalue weighted by Gasteiger charge is 2.64. The lowest BCUT2D eigenvalue weighted by molar-refractivity contribution is -0.155. The normalized spacial score (nSPS) is 24.6. The Labute approximate surface area is 250 Å². The topological polar surface area (TPSA) is 213 Å². The highest BCUT2D eigenvalue weighted by atomic mass is 16.5. The number of nitrogens with one attached hydrogen (secondary N) is 1. The highest BCUT2D eigenvalue weighted by molar-refractivity contribution is 6.23. The summed E-state index contributed by atoms with van der Waals surface area (Å²) in [6.45, 7) is 3.42. The van der Waals surface area contributed by atoms with Crippen LogP contribution in [-0.2, 0) is 20.8 Å². The van der Waals surface area contributed by atoms with Gasteiger partial charge in [0.2, 0.25) is 11.5 Å². The minimum absolute atomic E-state index is 0.00209. The fourth-order valence-electron chi connectivity index (χ4n) is 7.01. The zero-order valence-electron chi connectivity index (χ0n) is 23.7. The average molecular weight is 600 g/mol. The standard InChI is InChI=1S/C32H29N3O9/c1-13(2)22-19-12-15-11-18-17(14-3-5-16(6-4-14)35-31(42)21-9-10-34-44-21)7-8-20(36)24(18)27(38)23(15)28(39)32(19,43)29(40)25(26(22)37)30(33)41/h3-10,13,15,19,22,36,38,40,43H,11-12H2,1-2H3,(H2,33,41)(H,35,42)/t15-,19-,22-,32-/m0/s1. The van der Waals surface area contributed by atoms with Crippen LogP contribution in [0.4, 0.5) is 5.69 Å². The Morgan fingerprint density at radius 1 is 1.07 bits per heavy atom. The Morgan fingerprint density at radius 3 is 2.39 bits per heavy atom. The van der Waals surface area contributed by atoms with Gasteiger partial charge in [-0.05, 0) is 59.6 Å². The molecule has 44 heavy (non-hydrogen) atoms. The number of hydrogen-bond acceptors (Lipinski definition) is 10. The zero-order chi connectivity index (χ0) is 31.7.